The molecular formula is C12H18F3NO3. The smallest absolute Gasteiger partial charge is 0.471 e. The van der Waals surface area contributed by atoms with Crippen molar-refractivity contribution in [1.82, 2.24) is 5.32 Å². The maximum atomic E-state index is 12.3. The van der Waals surface area contributed by atoms with Gasteiger partial charge in [0, 0.05) is 0 Å². The lowest BCUT2D eigenvalue weighted by atomic mass is 9.68. The summed E-state index contributed by atoms with van der Waals surface area (Å²) in [6, 6.07) is 0. The van der Waals surface area contributed by atoms with Gasteiger partial charge in [-0.2, -0.15) is 13.2 Å². The molecule has 0 atom stereocenters. The van der Waals surface area contributed by atoms with Crippen molar-refractivity contribution in [2.45, 2.75) is 57.7 Å². The molecule has 1 amide bonds. The van der Waals surface area contributed by atoms with Crippen LogP contribution >= 0.6 is 0 Å². The molecule has 0 aromatic carbocycles. The number of carbonyl (C=O) groups excluding carboxylic acids is 1. The molecule has 0 unspecified atom stereocenters. The van der Waals surface area contributed by atoms with E-state index in [0.717, 1.165) is 0 Å². The fourth-order valence-corrected chi connectivity index (χ4v) is 2.35. The molecule has 1 rings (SSSR count). The van der Waals surface area contributed by atoms with E-state index in [2.05, 4.69) is 0 Å². The Morgan fingerprint density at radius 1 is 1.16 bits per heavy atom. The lowest BCUT2D eigenvalue weighted by molar-refractivity contribution is -0.177. The van der Waals surface area contributed by atoms with Crippen LogP contribution in [0.15, 0.2) is 0 Å². The van der Waals surface area contributed by atoms with E-state index >= 15 is 0 Å². The maximum absolute atomic E-state index is 12.3. The standard InChI is InChI=1S/C12H18F3NO3/c1-10(2)3-5-11(6-4-10,7-8(17)18)16-9(19)12(13,14)15/h3-7H2,1-2H3,(H,16,19)(H,17,18). The number of alkyl halides is 3. The number of carbonyl (C=O) groups is 2. The Morgan fingerprint density at radius 3 is 2.00 bits per heavy atom. The molecule has 4 nitrogen and oxygen atoms in total. The molecule has 1 aliphatic rings. The van der Waals surface area contributed by atoms with Crippen molar-refractivity contribution in [3.63, 3.8) is 0 Å². The number of hydrogen-bond acceptors (Lipinski definition) is 2. The fourth-order valence-electron chi connectivity index (χ4n) is 2.35. The highest BCUT2D eigenvalue weighted by molar-refractivity contribution is 5.83. The molecule has 0 spiro atoms. The molecule has 0 aliphatic heterocycles. The number of amides is 1. The lowest BCUT2D eigenvalue weighted by Crippen LogP contribution is -2.56. The molecule has 1 saturated carbocycles. The molecule has 19 heavy (non-hydrogen) atoms. The van der Waals surface area contributed by atoms with Crippen molar-refractivity contribution >= 4 is 11.9 Å². The Hall–Kier alpha value is -1.27. The minimum absolute atomic E-state index is 0.0367. The van der Waals surface area contributed by atoms with E-state index in [1.807, 2.05) is 19.2 Å². The van der Waals surface area contributed by atoms with Crippen LogP contribution in [0.2, 0.25) is 0 Å². The first kappa shape index (κ1) is 15.8. The second-order valence-corrected chi connectivity index (χ2v) is 5.97. The van der Waals surface area contributed by atoms with E-state index in [4.69, 9.17) is 5.11 Å². The number of aliphatic carboxylic acids is 1. The number of halogens is 3. The molecule has 7 heteroatoms. The molecule has 0 aromatic rings. The first-order valence-electron chi connectivity index (χ1n) is 6.07. The molecule has 0 aromatic heterocycles. The average Bonchev–Trinajstić information content (AvgIpc) is 2.20. The number of carboxylic acids is 1. The Morgan fingerprint density at radius 2 is 1.63 bits per heavy atom. The summed E-state index contributed by atoms with van der Waals surface area (Å²) < 4.78 is 36.9. The van der Waals surface area contributed by atoms with Crippen LogP contribution in [0.1, 0.15) is 46.0 Å². The van der Waals surface area contributed by atoms with Crippen LogP contribution in [-0.4, -0.2) is 28.7 Å². The Bertz CT molecular complexity index is 367. The Labute approximate surface area is 109 Å². The summed E-state index contributed by atoms with van der Waals surface area (Å²) in [5, 5.41) is 10.7. The second kappa shape index (κ2) is 5.02. The van der Waals surface area contributed by atoms with Gasteiger partial charge in [0.1, 0.15) is 0 Å². The summed E-state index contributed by atoms with van der Waals surface area (Å²) in [7, 11) is 0. The summed E-state index contributed by atoms with van der Waals surface area (Å²) in [6.45, 7) is 3.95. The van der Waals surface area contributed by atoms with Crippen LogP contribution in [0, 0.1) is 5.41 Å². The maximum Gasteiger partial charge on any atom is 0.471 e. The summed E-state index contributed by atoms with van der Waals surface area (Å²) in [5.74, 6) is -3.27. The van der Waals surface area contributed by atoms with E-state index in [-0.39, 0.29) is 18.3 Å². The third kappa shape index (κ3) is 4.40. The highest BCUT2D eigenvalue weighted by atomic mass is 19.4. The highest BCUT2D eigenvalue weighted by Crippen LogP contribution is 2.42. The van der Waals surface area contributed by atoms with Crippen molar-refractivity contribution in [2.75, 3.05) is 0 Å². The first-order chi connectivity index (χ1) is 8.46. The molecular weight excluding hydrogens is 263 g/mol. The number of nitrogens with one attached hydrogen (secondary N) is 1. The van der Waals surface area contributed by atoms with Gasteiger partial charge in [0.05, 0.1) is 12.0 Å². The Balaban J connectivity index is 2.84. The zero-order valence-corrected chi connectivity index (χ0v) is 10.9. The molecule has 110 valence electrons. The topological polar surface area (TPSA) is 66.4 Å². The molecule has 2 N–H and O–H groups in total. The minimum atomic E-state index is -4.99. The summed E-state index contributed by atoms with van der Waals surface area (Å²) in [5.41, 5.74) is -1.32. The van der Waals surface area contributed by atoms with Crippen LogP contribution in [0.4, 0.5) is 13.2 Å². The monoisotopic (exact) mass is 281 g/mol. The quantitative estimate of drug-likeness (QED) is 0.835. The van der Waals surface area contributed by atoms with Crippen molar-refractivity contribution in [2.24, 2.45) is 5.41 Å². The largest absolute Gasteiger partial charge is 0.481 e. The summed E-state index contributed by atoms with van der Waals surface area (Å²) in [6.07, 6.45) is -3.82. The SMILES string of the molecule is CC1(C)CCC(CC(=O)O)(NC(=O)C(F)(F)F)CC1. The third-order valence-electron chi connectivity index (χ3n) is 3.69. The van der Waals surface area contributed by atoms with E-state index in [1.54, 1.807) is 0 Å². The second-order valence-electron chi connectivity index (χ2n) is 5.97. The first-order valence-corrected chi connectivity index (χ1v) is 6.07. The van der Waals surface area contributed by atoms with Gasteiger partial charge in [-0.15, -0.1) is 0 Å². The van der Waals surface area contributed by atoms with Gasteiger partial charge in [0.25, 0.3) is 0 Å². The summed E-state index contributed by atoms with van der Waals surface area (Å²) >= 11 is 0. The van der Waals surface area contributed by atoms with Gasteiger partial charge in [-0.3, -0.25) is 9.59 Å². The molecule has 1 fully saturated rings. The van der Waals surface area contributed by atoms with Crippen molar-refractivity contribution in [3.8, 4) is 0 Å². The van der Waals surface area contributed by atoms with E-state index in [0.29, 0.717) is 12.8 Å². The minimum Gasteiger partial charge on any atom is -0.481 e. The predicted octanol–water partition coefficient (Wildman–Crippen LogP) is 2.48. The van der Waals surface area contributed by atoms with Crippen LogP contribution in [0.3, 0.4) is 0 Å². The predicted molar refractivity (Wildman–Crippen MR) is 61.4 cm³/mol. The van der Waals surface area contributed by atoms with Crippen LogP contribution in [-0.2, 0) is 9.59 Å². The van der Waals surface area contributed by atoms with Gasteiger partial charge in [-0.05, 0) is 31.1 Å². The molecule has 1 aliphatic carbocycles. The van der Waals surface area contributed by atoms with Crippen LogP contribution in [0.25, 0.3) is 0 Å². The zero-order chi connectivity index (χ0) is 14.9. The highest BCUT2D eigenvalue weighted by Gasteiger charge is 2.47. The lowest BCUT2D eigenvalue weighted by Gasteiger charge is -2.43. The molecule has 0 saturated heterocycles. The van der Waals surface area contributed by atoms with E-state index < -0.39 is 30.0 Å². The Kier molecular flexibility index (Phi) is 4.17. The van der Waals surface area contributed by atoms with Crippen molar-refractivity contribution in [3.05, 3.63) is 0 Å². The van der Waals surface area contributed by atoms with Gasteiger partial charge in [0.2, 0.25) is 0 Å². The van der Waals surface area contributed by atoms with Gasteiger partial charge in [0.15, 0.2) is 0 Å². The molecule has 0 bridgehead atoms. The number of carboxylic acid groups (broad SMARTS) is 1. The van der Waals surface area contributed by atoms with Crippen LogP contribution < -0.4 is 5.32 Å². The van der Waals surface area contributed by atoms with E-state index in [9.17, 15) is 22.8 Å². The average molecular weight is 281 g/mol. The normalized spacial score (nSPS) is 21.7. The van der Waals surface area contributed by atoms with Gasteiger partial charge >= 0.3 is 18.1 Å². The van der Waals surface area contributed by atoms with Crippen LogP contribution in [0.5, 0.6) is 0 Å². The molecule has 0 radical (unpaired) electrons. The fraction of sp³-hybridized carbons (Fsp3) is 0.833. The molecule has 0 heterocycles. The third-order valence-corrected chi connectivity index (χ3v) is 3.69. The van der Waals surface area contributed by atoms with Gasteiger partial charge in [-0.25, -0.2) is 0 Å². The number of rotatable bonds is 3. The summed E-state index contributed by atoms with van der Waals surface area (Å²) in [4.78, 5) is 21.9. The van der Waals surface area contributed by atoms with Gasteiger partial charge in [-0.1, -0.05) is 13.8 Å². The number of hydrogen-bond donors (Lipinski definition) is 2. The van der Waals surface area contributed by atoms with Crippen molar-refractivity contribution in [1.29, 1.82) is 0 Å². The zero-order valence-electron chi connectivity index (χ0n) is 10.9. The van der Waals surface area contributed by atoms with Crippen molar-refractivity contribution < 1.29 is 27.9 Å². The van der Waals surface area contributed by atoms with Gasteiger partial charge < -0.3 is 10.4 Å². The van der Waals surface area contributed by atoms with E-state index in [1.165, 1.54) is 0 Å².